The molecule has 27 heavy (non-hydrogen) atoms. The lowest BCUT2D eigenvalue weighted by molar-refractivity contribution is -0.140. The van der Waals surface area contributed by atoms with Crippen molar-refractivity contribution in [3.05, 3.63) is 0 Å². The minimum atomic E-state index is -3.57. The minimum absolute atomic E-state index is 0.0275. The molecule has 2 aliphatic heterocycles. The number of amides is 2. The van der Waals surface area contributed by atoms with Crippen molar-refractivity contribution in [1.82, 2.24) is 9.21 Å². The van der Waals surface area contributed by atoms with E-state index in [9.17, 15) is 18.0 Å². The first-order valence-corrected chi connectivity index (χ1v) is 12.1. The van der Waals surface area contributed by atoms with Gasteiger partial charge in [-0.2, -0.15) is 0 Å². The van der Waals surface area contributed by atoms with Crippen LogP contribution in [0.5, 0.6) is 0 Å². The van der Waals surface area contributed by atoms with E-state index in [1.54, 1.807) is 0 Å². The molecular weight excluding hydrogens is 364 g/mol. The zero-order chi connectivity index (χ0) is 19.2. The summed E-state index contributed by atoms with van der Waals surface area (Å²) in [6.45, 7) is 5.50. The Hall–Kier alpha value is -1.11. The second-order valence-electron chi connectivity index (χ2n) is 10.2. The van der Waals surface area contributed by atoms with Crippen molar-refractivity contribution < 1.29 is 18.0 Å². The quantitative estimate of drug-likeness (QED) is 0.718. The molecule has 150 valence electrons. The van der Waals surface area contributed by atoms with Crippen molar-refractivity contribution in [2.45, 2.75) is 64.8 Å². The molecule has 2 heterocycles. The largest absolute Gasteiger partial charge is 0.342 e. The highest BCUT2D eigenvalue weighted by atomic mass is 32.2. The standard InChI is InChI=1S/C20H30N2O4S/c1-19(2)15-7-8-20(19)12-27(25,26)22(16(20)10-15)18(24)14-4-3-9-21(11-14)17(23)13-5-6-13/h13-16H,3-12H2,1-2H3/t14?,15-,16-,20+/m1/s1. The summed E-state index contributed by atoms with van der Waals surface area (Å²) in [7, 11) is -3.57. The van der Waals surface area contributed by atoms with E-state index in [1.165, 1.54) is 4.31 Å². The van der Waals surface area contributed by atoms with Crippen LogP contribution < -0.4 is 0 Å². The molecule has 0 N–H and O–H groups in total. The zero-order valence-electron chi connectivity index (χ0n) is 16.3. The molecule has 2 saturated heterocycles. The number of likely N-dealkylation sites (tertiary alicyclic amines) is 1. The summed E-state index contributed by atoms with van der Waals surface area (Å²) in [5, 5.41) is 0. The molecule has 0 aromatic carbocycles. The van der Waals surface area contributed by atoms with Crippen LogP contribution in [0.1, 0.15) is 58.8 Å². The Labute approximate surface area is 161 Å². The molecule has 0 aromatic heterocycles. The number of hydrogen-bond acceptors (Lipinski definition) is 4. The topological polar surface area (TPSA) is 74.8 Å². The third-order valence-electron chi connectivity index (χ3n) is 8.64. The Balaban J connectivity index is 1.41. The van der Waals surface area contributed by atoms with Gasteiger partial charge < -0.3 is 4.90 Å². The van der Waals surface area contributed by atoms with E-state index in [0.717, 1.165) is 38.5 Å². The fourth-order valence-electron chi connectivity index (χ4n) is 6.73. The van der Waals surface area contributed by atoms with Gasteiger partial charge in [0.15, 0.2) is 0 Å². The first kappa shape index (κ1) is 18.0. The van der Waals surface area contributed by atoms with Gasteiger partial charge in [0.1, 0.15) is 0 Å². The normalized spacial score (nSPS) is 41.6. The van der Waals surface area contributed by atoms with Crippen molar-refractivity contribution in [2.75, 3.05) is 18.8 Å². The van der Waals surface area contributed by atoms with E-state index in [0.29, 0.717) is 25.4 Å². The van der Waals surface area contributed by atoms with Gasteiger partial charge in [0.05, 0.1) is 17.7 Å². The molecule has 3 aliphatic carbocycles. The number of rotatable bonds is 2. The van der Waals surface area contributed by atoms with E-state index < -0.39 is 10.0 Å². The van der Waals surface area contributed by atoms with E-state index in [-0.39, 0.29) is 46.3 Å². The van der Waals surface area contributed by atoms with E-state index in [1.807, 2.05) is 4.90 Å². The van der Waals surface area contributed by atoms with Gasteiger partial charge >= 0.3 is 0 Å². The maximum atomic E-state index is 13.4. The highest BCUT2D eigenvalue weighted by Crippen LogP contribution is 2.70. The second kappa shape index (κ2) is 5.49. The molecule has 5 fully saturated rings. The molecule has 0 aromatic rings. The summed E-state index contributed by atoms with van der Waals surface area (Å²) in [6.07, 6.45) is 6.18. The van der Waals surface area contributed by atoms with Gasteiger partial charge in [0, 0.05) is 24.4 Å². The number of fused-ring (bicyclic) bond motifs is 1. The predicted molar refractivity (Wildman–Crippen MR) is 100 cm³/mol. The second-order valence-corrected chi connectivity index (χ2v) is 12.0. The maximum Gasteiger partial charge on any atom is 0.241 e. The number of hydrogen-bond donors (Lipinski definition) is 0. The van der Waals surface area contributed by atoms with Crippen molar-refractivity contribution >= 4 is 21.8 Å². The summed E-state index contributed by atoms with van der Waals surface area (Å²) in [6, 6.07) is -0.168. The van der Waals surface area contributed by atoms with Crippen LogP contribution in [-0.2, 0) is 19.6 Å². The Morgan fingerprint density at radius 3 is 2.41 bits per heavy atom. The fourth-order valence-corrected chi connectivity index (χ4v) is 9.32. The molecule has 6 nitrogen and oxygen atoms in total. The Morgan fingerprint density at radius 2 is 1.74 bits per heavy atom. The van der Waals surface area contributed by atoms with Crippen LogP contribution in [0.25, 0.3) is 0 Å². The van der Waals surface area contributed by atoms with Gasteiger partial charge in [0.2, 0.25) is 21.8 Å². The average Bonchev–Trinajstić information content (AvgIpc) is 3.36. The van der Waals surface area contributed by atoms with Gasteiger partial charge in [-0.3, -0.25) is 9.59 Å². The molecule has 2 bridgehead atoms. The van der Waals surface area contributed by atoms with Crippen LogP contribution in [0.4, 0.5) is 0 Å². The monoisotopic (exact) mass is 394 g/mol. The highest BCUT2D eigenvalue weighted by Gasteiger charge is 2.72. The van der Waals surface area contributed by atoms with Crippen molar-refractivity contribution in [3.63, 3.8) is 0 Å². The minimum Gasteiger partial charge on any atom is -0.342 e. The Bertz CT molecular complexity index is 803. The lowest BCUT2D eigenvalue weighted by Gasteiger charge is -2.38. The third kappa shape index (κ3) is 2.33. The van der Waals surface area contributed by atoms with Crippen molar-refractivity contribution in [1.29, 1.82) is 0 Å². The molecule has 5 rings (SSSR count). The molecule has 4 atom stereocenters. The van der Waals surface area contributed by atoms with Crippen LogP contribution in [0.3, 0.4) is 0 Å². The average molecular weight is 395 g/mol. The molecule has 1 spiro atoms. The van der Waals surface area contributed by atoms with Gasteiger partial charge in [-0.05, 0) is 56.3 Å². The zero-order valence-corrected chi connectivity index (χ0v) is 17.1. The number of nitrogens with zero attached hydrogens (tertiary/aromatic N) is 2. The van der Waals surface area contributed by atoms with Crippen molar-refractivity contribution in [3.8, 4) is 0 Å². The SMILES string of the molecule is CC1(C)[C@@H]2CC[C@@]13CS(=O)(=O)N(C(=O)C1CCCN(C(=O)C4CC4)C1)[C@@H]3C2. The number of carbonyl (C=O) groups is 2. The van der Waals surface area contributed by atoms with Gasteiger partial charge in [0.25, 0.3) is 0 Å². The van der Waals surface area contributed by atoms with Gasteiger partial charge in [-0.15, -0.1) is 0 Å². The Kier molecular flexibility index (Phi) is 3.65. The summed E-state index contributed by atoms with van der Waals surface area (Å²) in [5.41, 5.74) is -0.301. The number of sulfonamides is 1. The van der Waals surface area contributed by atoms with Crippen LogP contribution in [-0.4, -0.2) is 54.3 Å². The Morgan fingerprint density at radius 1 is 1.00 bits per heavy atom. The van der Waals surface area contributed by atoms with Gasteiger partial charge in [-0.1, -0.05) is 13.8 Å². The maximum absolute atomic E-state index is 13.4. The molecule has 3 saturated carbocycles. The van der Waals surface area contributed by atoms with E-state index in [4.69, 9.17) is 0 Å². The number of piperidine rings is 1. The molecule has 5 aliphatic rings. The predicted octanol–water partition coefficient (Wildman–Crippen LogP) is 2.00. The van der Waals surface area contributed by atoms with Crippen molar-refractivity contribution in [2.24, 2.45) is 28.6 Å². The molecule has 7 heteroatoms. The summed E-state index contributed by atoms with van der Waals surface area (Å²) in [5.74, 6) is 0.324. The molecular formula is C20H30N2O4S. The van der Waals surface area contributed by atoms with E-state index >= 15 is 0 Å². The lowest BCUT2D eigenvalue weighted by Crippen LogP contribution is -2.50. The summed E-state index contributed by atoms with van der Waals surface area (Å²) in [4.78, 5) is 27.6. The smallest absolute Gasteiger partial charge is 0.241 e. The van der Waals surface area contributed by atoms with Crippen LogP contribution in [0.15, 0.2) is 0 Å². The van der Waals surface area contributed by atoms with E-state index in [2.05, 4.69) is 13.8 Å². The fraction of sp³-hybridized carbons (Fsp3) is 0.900. The highest BCUT2D eigenvalue weighted by molar-refractivity contribution is 7.90. The lowest BCUT2D eigenvalue weighted by atomic mass is 9.69. The number of carbonyl (C=O) groups excluding carboxylic acids is 2. The van der Waals surface area contributed by atoms with Crippen LogP contribution >= 0.6 is 0 Å². The third-order valence-corrected chi connectivity index (χ3v) is 10.6. The van der Waals surface area contributed by atoms with Gasteiger partial charge in [-0.25, -0.2) is 12.7 Å². The summed E-state index contributed by atoms with van der Waals surface area (Å²) >= 11 is 0. The molecule has 0 radical (unpaired) electrons. The molecule has 2 amide bonds. The van der Waals surface area contributed by atoms with Crippen LogP contribution in [0, 0.1) is 28.6 Å². The first-order valence-electron chi connectivity index (χ1n) is 10.5. The molecule has 1 unspecified atom stereocenters. The van der Waals surface area contributed by atoms with Crippen LogP contribution in [0.2, 0.25) is 0 Å². The first-order chi connectivity index (χ1) is 12.7. The summed E-state index contributed by atoms with van der Waals surface area (Å²) < 4.78 is 27.5.